The highest BCUT2D eigenvalue weighted by atomic mass is 16.6. The highest BCUT2D eigenvalue weighted by Gasteiger charge is 2.26. The van der Waals surface area contributed by atoms with Gasteiger partial charge in [0.05, 0.1) is 15.9 Å². The molecule has 0 aromatic carbocycles. The molecule has 0 aliphatic heterocycles. The van der Waals surface area contributed by atoms with E-state index in [-0.39, 0.29) is 12.3 Å². The van der Waals surface area contributed by atoms with Crippen LogP contribution in [0.25, 0.3) is 0 Å². The second-order valence-electron chi connectivity index (χ2n) is 2.92. The summed E-state index contributed by atoms with van der Waals surface area (Å²) in [6.07, 6.45) is -0.758. The van der Waals surface area contributed by atoms with Crippen molar-refractivity contribution in [3.8, 4) is 0 Å². The Hall–Kier alpha value is -2.13. The molecule has 0 amide bonds. The van der Waals surface area contributed by atoms with Gasteiger partial charge in [-0.2, -0.15) is 0 Å². The monoisotopic (exact) mass is 243 g/mol. The zero-order valence-electron chi connectivity index (χ0n) is 8.77. The Morgan fingerprint density at radius 2 is 2.12 bits per heavy atom. The van der Waals surface area contributed by atoms with E-state index in [0.29, 0.717) is 0 Å². The lowest BCUT2D eigenvalue weighted by molar-refractivity contribution is -0.396. The number of hydrogen-bond donors (Lipinski definition) is 1. The van der Waals surface area contributed by atoms with Crippen molar-refractivity contribution in [2.75, 3.05) is 6.61 Å². The average Bonchev–Trinajstić information content (AvgIpc) is 2.28. The zero-order chi connectivity index (χ0) is 13.0. The second-order valence-corrected chi connectivity index (χ2v) is 2.92. The number of ether oxygens (including phenoxy) is 1. The van der Waals surface area contributed by atoms with E-state index >= 15 is 0 Å². The molecule has 92 valence electrons. The molecule has 1 atom stereocenters. The van der Waals surface area contributed by atoms with Crippen molar-refractivity contribution in [3.05, 3.63) is 38.2 Å². The highest BCUT2D eigenvalue weighted by Crippen LogP contribution is 2.27. The van der Waals surface area contributed by atoms with Crippen molar-refractivity contribution in [2.45, 2.75) is 13.2 Å². The predicted octanol–water partition coefficient (Wildman–Crippen LogP) is 0.925. The first-order valence-electron chi connectivity index (χ1n) is 4.55. The maximum absolute atomic E-state index is 10.7. The molecule has 17 heavy (non-hydrogen) atoms. The first-order chi connectivity index (χ1) is 7.97. The van der Waals surface area contributed by atoms with Crippen molar-refractivity contribution in [1.82, 2.24) is 4.98 Å². The summed E-state index contributed by atoms with van der Waals surface area (Å²) in [5.74, 6) is 0. The van der Waals surface area contributed by atoms with Crippen LogP contribution in [0.4, 0.5) is 11.4 Å². The van der Waals surface area contributed by atoms with Gasteiger partial charge in [-0.15, -0.1) is 0 Å². The van der Waals surface area contributed by atoms with Gasteiger partial charge in [-0.3, -0.25) is 20.2 Å². The van der Waals surface area contributed by atoms with E-state index in [1.54, 1.807) is 6.92 Å². The summed E-state index contributed by atoms with van der Waals surface area (Å²) >= 11 is 0. The normalized spacial score (nSPS) is 12.1. The van der Waals surface area contributed by atoms with Crippen LogP contribution in [0.2, 0.25) is 0 Å². The van der Waals surface area contributed by atoms with E-state index in [2.05, 4.69) is 4.98 Å². The molecular weight excluding hydrogens is 234 g/mol. The Morgan fingerprint density at radius 1 is 1.47 bits per heavy atom. The summed E-state index contributed by atoms with van der Waals surface area (Å²) in [5.41, 5.74) is -1.54. The van der Waals surface area contributed by atoms with E-state index in [9.17, 15) is 25.3 Å². The van der Waals surface area contributed by atoms with Crippen molar-refractivity contribution in [1.29, 1.82) is 0 Å². The Balaban J connectivity index is 3.22. The van der Waals surface area contributed by atoms with Crippen molar-refractivity contribution >= 4 is 11.4 Å². The Kier molecular flexibility index (Phi) is 4.01. The molecule has 9 nitrogen and oxygen atoms in total. The molecule has 0 fully saturated rings. The van der Waals surface area contributed by atoms with Crippen LogP contribution in [0.5, 0.6) is 0 Å². The third kappa shape index (κ3) is 2.92. The van der Waals surface area contributed by atoms with Crippen LogP contribution in [-0.4, -0.2) is 26.5 Å². The third-order valence-electron chi connectivity index (χ3n) is 1.85. The minimum absolute atomic E-state index is 0.122. The molecule has 1 rings (SSSR count). The van der Waals surface area contributed by atoms with Crippen LogP contribution >= 0.6 is 0 Å². The number of hydrogen-bond acceptors (Lipinski definition) is 7. The molecule has 0 radical (unpaired) electrons. The summed E-state index contributed by atoms with van der Waals surface area (Å²) in [6, 6.07) is 0.727. The maximum atomic E-state index is 10.7. The first kappa shape index (κ1) is 12.9. The van der Waals surface area contributed by atoms with E-state index in [1.807, 2.05) is 0 Å². The lowest BCUT2D eigenvalue weighted by atomic mass is 10.2. The number of pyridine rings is 1. The van der Waals surface area contributed by atoms with Crippen LogP contribution in [0.3, 0.4) is 0 Å². The Morgan fingerprint density at radius 3 is 2.59 bits per heavy atom. The van der Waals surface area contributed by atoms with E-state index in [1.165, 1.54) is 0 Å². The van der Waals surface area contributed by atoms with Crippen LogP contribution in [0, 0.1) is 20.2 Å². The molecule has 1 unspecified atom stereocenters. The molecule has 1 aromatic rings. The standard InChI is InChI=1S/C8H9N3O6/c1-2-17-8(12)7-6(11(15)16)3-5(4-9-7)10(13)14/h3-4,8,12H,2H2,1H3. The average molecular weight is 243 g/mol. The van der Waals surface area contributed by atoms with Gasteiger partial charge in [0.15, 0.2) is 5.69 Å². The number of aliphatic hydroxyl groups is 1. The van der Waals surface area contributed by atoms with Gasteiger partial charge in [-0.25, -0.2) is 4.98 Å². The van der Waals surface area contributed by atoms with Crippen molar-refractivity contribution < 1.29 is 19.7 Å². The Labute approximate surface area is 95.0 Å². The number of aliphatic hydroxyl groups excluding tert-OH is 1. The van der Waals surface area contributed by atoms with Crippen LogP contribution in [0.1, 0.15) is 18.9 Å². The third-order valence-corrected chi connectivity index (χ3v) is 1.85. The molecule has 0 spiro atoms. The van der Waals surface area contributed by atoms with Gasteiger partial charge in [-0.1, -0.05) is 0 Å². The minimum Gasteiger partial charge on any atom is -0.363 e. The quantitative estimate of drug-likeness (QED) is 0.462. The molecule has 1 aromatic heterocycles. The molecule has 0 saturated carbocycles. The fourth-order valence-corrected chi connectivity index (χ4v) is 1.13. The fraction of sp³-hybridized carbons (Fsp3) is 0.375. The lowest BCUT2D eigenvalue weighted by Gasteiger charge is -2.09. The zero-order valence-corrected chi connectivity index (χ0v) is 8.77. The molecule has 1 N–H and O–H groups in total. The predicted molar refractivity (Wildman–Crippen MR) is 54.1 cm³/mol. The SMILES string of the molecule is CCOC(O)c1ncc([N+](=O)[O-])cc1[N+](=O)[O-]. The minimum atomic E-state index is -1.58. The first-order valence-corrected chi connectivity index (χ1v) is 4.55. The van der Waals surface area contributed by atoms with Crippen LogP contribution < -0.4 is 0 Å². The van der Waals surface area contributed by atoms with Gasteiger partial charge in [-0.05, 0) is 6.92 Å². The molecule has 0 aliphatic carbocycles. The largest absolute Gasteiger partial charge is 0.363 e. The smallest absolute Gasteiger partial charge is 0.302 e. The van der Waals surface area contributed by atoms with Gasteiger partial charge in [0.25, 0.3) is 5.69 Å². The highest BCUT2D eigenvalue weighted by molar-refractivity contribution is 5.44. The summed E-state index contributed by atoms with van der Waals surface area (Å²) in [6.45, 7) is 1.71. The summed E-state index contributed by atoms with van der Waals surface area (Å²) < 4.78 is 4.74. The summed E-state index contributed by atoms with van der Waals surface area (Å²) in [7, 11) is 0. The van der Waals surface area contributed by atoms with Gasteiger partial charge in [0, 0.05) is 6.61 Å². The van der Waals surface area contributed by atoms with E-state index < -0.39 is 27.5 Å². The van der Waals surface area contributed by atoms with E-state index in [4.69, 9.17) is 4.74 Å². The summed E-state index contributed by atoms with van der Waals surface area (Å²) in [5, 5.41) is 30.5. The summed E-state index contributed by atoms with van der Waals surface area (Å²) in [4.78, 5) is 22.9. The van der Waals surface area contributed by atoms with Gasteiger partial charge < -0.3 is 9.84 Å². The van der Waals surface area contributed by atoms with Gasteiger partial charge in [0.2, 0.25) is 6.29 Å². The Bertz CT molecular complexity index is 449. The lowest BCUT2D eigenvalue weighted by Crippen LogP contribution is -2.09. The number of rotatable bonds is 5. The molecule has 0 bridgehead atoms. The van der Waals surface area contributed by atoms with Gasteiger partial charge >= 0.3 is 5.69 Å². The maximum Gasteiger partial charge on any atom is 0.302 e. The molecule has 9 heteroatoms. The van der Waals surface area contributed by atoms with E-state index in [0.717, 1.165) is 12.3 Å². The molecule has 0 saturated heterocycles. The fourth-order valence-electron chi connectivity index (χ4n) is 1.13. The van der Waals surface area contributed by atoms with Gasteiger partial charge in [0.1, 0.15) is 6.20 Å². The second kappa shape index (κ2) is 5.27. The number of nitro groups is 2. The molecule has 0 aliphatic rings. The van der Waals surface area contributed by atoms with Crippen LogP contribution in [-0.2, 0) is 4.74 Å². The van der Waals surface area contributed by atoms with Crippen molar-refractivity contribution in [3.63, 3.8) is 0 Å². The number of aromatic nitrogens is 1. The van der Waals surface area contributed by atoms with Crippen molar-refractivity contribution in [2.24, 2.45) is 0 Å². The molecule has 1 heterocycles. The molecular formula is C8H9N3O6. The topological polar surface area (TPSA) is 129 Å². The van der Waals surface area contributed by atoms with Crippen LogP contribution in [0.15, 0.2) is 12.3 Å². The number of nitrogens with zero attached hydrogens (tertiary/aromatic N) is 3.